The largest absolute Gasteiger partial charge is 0.275 e. The lowest BCUT2D eigenvalue weighted by molar-refractivity contribution is -0.129. The average molecular weight is 93.1 g/mol. The summed E-state index contributed by atoms with van der Waals surface area (Å²) in [5.74, 6) is 0. The highest BCUT2D eigenvalue weighted by Crippen LogP contribution is 1.71. The molecule has 0 aromatic rings. The Morgan fingerprint density at radius 3 is 2.20 bits per heavy atom. The van der Waals surface area contributed by atoms with E-state index >= 15 is 0 Å². The molecule has 0 spiro atoms. The summed E-state index contributed by atoms with van der Waals surface area (Å²) in [6.45, 7) is 0. The van der Waals surface area contributed by atoms with E-state index in [2.05, 4.69) is 12.8 Å². The van der Waals surface area contributed by atoms with Crippen LogP contribution in [0.15, 0.2) is 0 Å². The van der Waals surface area contributed by atoms with Gasteiger partial charge in [-0.2, -0.15) is 4.47 Å². The summed E-state index contributed by atoms with van der Waals surface area (Å²) in [6, 6.07) is 0. The van der Waals surface area contributed by atoms with Gasteiger partial charge >= 0.3 is 0 Å². The highest BCUT2D eigenvalue weighted by atomic mass is 32.1. The van der Waals surface area contributed by atoms with Gasteiger partial charge in [0.15, 0.2) is 0 Å². The fourth-order valence-electron chi connectivity index (χ4n) is 0. The minimum Gasteiger partial charge on any atom is -0.275 e. The fourth-order valence-corrected chi connectivity index (χ4v) is 0. The van der Waals surface area contributed by atoms with Gasteiger partial charge in [0, 0.05) is 0 Å². The number of amides is 1. The van der Waals surface area contributed by atoms with Gasteiger partial charge in [0.05, 0.1) is 0 Å². The van der Waals surface area contributed by atoms with Crippen LogP contribution >= 0.6 is 12.8 Å². The van der Waals surface area contributed by atoms with Gasteiger partial charge in [0.25, 0.3) is 0 Å². The first-order valence-electron chi connectivity index (χ1n) is 0.894. The molecule has 30 valence electrons. The standard InChI is InChI=1S/CH3NO2S/c3-1-2(4)5/h1,4-5H. The SMILES string of the molecule is O=CN(O)S. The number of hydrogen-bond acceptors (Lipinski definition) is 3. The Balaban J connectivity index is 2.83. The highest BCUT2D eigenvalue weighted by Gasteiger charge is 1.72. The third-order valence-electron chi connectivity index (χ3n) is 0.0943. The maximum absolute atomic E-state index is 9.10. The number of rotatable bonds is 1. The first kappa shape index (κ1) is 4.78. The molecule has 0 bridgehead atoms. The van der Waals surface area contributed by atoms with Gasteiger partial charge in [-0.05, 0) is 12.8 Å². The lowest BCUT2D eigenvalue weighted by atomic mass is 11.5. The summed E-state index contributed by atoms with van der Waals surface area (Å²) >= 11 is 3.12. The van der Waals surface area contributed by atoms with Crippen molar-refractivity contribution in [1.82, 2.24) is 4.47 Å². The lowest BCUT2D eigenvalue weighted by Gasteiger charge is -1.88. The Bertz CT molecular complexity index is 36.6. The van der Waals surface area contributed by atoms with Crippen LogP contribution in [0, 0.1) is 0 Å². The van der Waals surface area contributed by atoms with Crippen LogP contribution in [0.3, 0.4) is 0 Å². The van der Waals surface area contributed by atoms with Gasteiger partial charge < -0.3 is 0 Å². The second-order valence-electron chi connectivity index (χ2n) is 0.426. The van der Waals surface area contributed by atoms with Gasteiger partial charge in [-0.3, -0.25) is 10.0 Å². The third kappa shape index (κ3) is 3.78. The Hall–Kier alpha value is -0.220. The molecule has 0 aliphatic rings. The van der Waals surface area contributed by atoms with E-state index in [-0.39, 0.29) is 10.9 Å². The van der Waals surface area contributed by atoms with Crippen molar-refractivity contribution in [3.63, 3.8) is 0 Å². The molecule has 0 radical (unpaired) electrons. The van der Waals surface area contributed by atoms with Crippen LogP contribution in [0.25, 0.3) is 0 Å². The normalized spacial score (nSPS) is 6.80. The zero-order valence-corrected chi connectivity index (χ0v) is 3.22. The van der Waals surface area contributed by atoms with Crippen LogP contribution in [0.2, 0.25) is 0 Å². The summed E-state index contributed by atoms with van der Waals surface area (Å²) in [5, 5.41) is 7.69. The molecule has 0 saturated carbocycles. The lowest BCUT2D eigenvalue weighted by Crippen LogP contribution is -1.98. The molecular formula is CH3NO2S. The monoisotopic (exact) mass is 93.0 g/mol. The Labute approximate surface area is 34.7 Å². The topological polar surface area (TPSA) is 40.5 Å². The predicted octanol–water partition coefficient (Wildman–Crippen LogP) is -0.321. The van der Waals surface area contributed by atoms with E-state index in [1.54, 1.807) is 0 Å². The zero-order chi connectivity index (χ0) is 4.28. The second-order valence-corrected chi connectivity index (χ2v) is 0.836. The highest BCUT2D eigenvalue weighted by molar-refractivity contribution is 7.78. The number of nitrogens with zero attached hydrogens (tertiary/aromatic N) is 1. The van der Waals surface area contributed by atoms with Gasteiger partial charge in [-0.15, -0.1) is 0 Å². The molecule has 1 N–H and O–H groups in total. The van der Waals surface area contributed by atoms with Crippen LogP contribution in [-0.2, 0) is 4.79 Å². The first-order valence-corrected chi connectivity index (χ1v) is 1.29. The summed E-state index contributed by atoms with van der Waals surface area (Å²) in [7, 11) is 0. The molecule has 3 nitrogen and oxygen atoms in total. The molecule has 5 heavy (non-hydrogen) atoms. The second kappa shape index (κ2) is 2.04. The number of carbonyl (C=O) groups excluding carboxylic acids is 1. The predicted molar refractivity (Wildman–Crippen MR) is 18.7 cm³/mol. The molecule has 0 saturated heterocycles. The molecule has 0 unspecified atom stereocenters. The molecule has 0 heterocycles. The fraction of sp³-hybridized carbons (Fsp3) is 0. The Kier molecular flexibility index (Phi) is 1.95. The third-order valence-corrected chi connectivity index (χ3v) is 0.189. The van der Waals surface area contributed by atoms with E-state index < -0.39 is 0 Å². The molecule has 0 aliphatic carbocycles. The Morgan fingerprint density at radius 1 is 2.00 bits per heavy atom. The van der Waals surface area contributed by atoms with Crippen molar-refractivity contribution in [3.05, 3.63) is 0 Å². The van der Waals surface area contributed by atoms with E-state index in [1.165, 1.54) is 0 Å². The van der Waals surface area contributed by atoms with E-state index in [0.717, 1.165) is 0 Å². The average Bonchev–Trinajstić information content (AvgIpc) is 1.38. The first-order chi connectivity index (χ1) is 2.27. The summed E-state index contributed by atoms with van der Waals surface area (Å²) in [6.07, 6.45) is 0.170. The molecule has 0 fully saturated rings. The Morgan fingerprint density at radius 2 is 2.20 bits per heavy atom. The van der Waals surface area contributed by atoms with Gasteiger partial charge in [-0.1, -0.05) is 0 Å². The molecule has 0 aliphatic heterocycles. The molecule has 0 aromatic carbocycles. The van der Waals surface area contributed by atoms with Crippen molar-refractivity contribution in [2.45, 2.75) is 0 Å². The minimum atomic E-state index is 0.139. The summed E-state index contributed by atoms with van der Waals surface area (Å²) in [5.41, 5.74) is 0. The van der Waals surface area contributed by atoms with Crippen LogP contribution in [0.1, 0.15) is 0 Å². The number of hydrogen-bond donors (Lipinski definition) is 2. The van der Waals surface area contributed by atoms with Crippen LogP contribution in [0.4, 0.5) is 0 Å². The van der Waals surface area contributed by atoms with Gasteiger partial charge in [-0.25, -0.2) is 0 Å². The van der Waals surface area contributed by atoms with E-state index in [9.17, 15) is 0 Å². The minimum absolute atomic E-state index is 0.139. The van der Waals surface area contributed by atoms with Crippen molar-refractivity contribution in [2.24, 2.45) is 0 Å². The maximum Gasteiger partial charge on any atom is 0.243 e. The summed E-state index contributed by atoms with van der Waals surface area (Å²) in [4.78, 5) is 9.10. The zero-order valence-electron chi connectivity index (χ0n) is 2.33. The molecular weight excluding hydrogens is 90.1 g/mol. The van der Waals surface area contributed by atoms with Crippen molar-refractivity contribution in [1.29, 1.82) is 0 Å². The van der Waals surface area contributed by atoms with Crippen molar-refractivity contribution in [3.8, 4) is 0 Å². The number of carbonyl (C=O) groups is 1. The molecule has 1 amide bonds. The van der Waals surface area contributed by atoms with Crippen molar-refractivity contribution < 1.29 is 10.0 Å². The molecule has 4 heteroatoms. The summed E-state index contributed by atoms with van der Waals surface area (Å²) < 4.78 is 0.139. The van der Waals surface area contributed by atoms with Gasteiger partial charge in [0.2, 0.25) is 6.41 Å². The molecule has 0 aromatic heterocycles. The van der Waals surface area contributed by atoms with Crippen LogP contribution in [-0.4, -0.2) is 16.1 Å². The van der Waals surface area contributed by atoms with Crippen LogP contribution < -0.4 is 0 Å². The maximum atomic E-state index is 9.10. The number of thiol groups is 1. The van der Waals surface area contributed by atoms with Crippen molar-refractivity contribution >= 4 is 19.2 Å². The van der Waals surface area contributed by atoms with E-state index in [1.807, 2.05) is 0 Å². The van der Waals surface area contributed by atoms with E-state index in [0.29, 0.717) is 0 Å². The van der Waals surface area contributed by atoms with Crippen LogP contribution in [0.5, 0.6) is 0 Å². The number of hydroxylamine groups is 1. The smallest absolute Gasteiger partial charge is 0.243 e. The molecule has 0 rings (SSSR count). The van der Waals surface area contributed by atoms with Crippen molar-refractivity contribution in [2.75, 3.05) is 0 Å². The molecule has 0 atom stereocenters. The van der Waals surface area contributed by atoms with E-state index in [4.69, 9.17) is 10.0 Å². The van der Waals surface area contributed by atoms with Gasteiger partial charge in [0.1, 0.15) is 0 Å². The quantitative estimate of drug-likeness (QED) is 0.202.